The van der Waals surface area contributed by atoms with E-state index in [9.17, 15) is 13.2 Å². The van der Waals surface area contributed by atoms with Crippen LogP contribution in [-0.4, -0.2) is 49.2 Å². The van der Waals surface area contributed by atoms with Crippen LogP contribution in [-0.2, 0) is 14.8 Å². The number of nitrogens with zero attached hydrogens (tertiary/aromatic N) is 2. The van der Waals surface area contributed by atoms with Gasteiger partial charge >= 0.3 is 0 Å². The van der Waals surface area contributed by atoms with E-state index in [4.69, 9.17) is 0 Å². The van der Waals surface area contributed by atoms with E-state index >= 15 is 0 Å². The topological polar surface area (TPSA) is 57.7 Å². The van der Waals surface area contributed by atoms with E-state index < -0.39 is 10.0 Å². The van der Waals surface area contributed by atoms with Gasteiger partial charge in [0.2, 0.25) is 15.9 Å². The molecule has 1 aliphatic heterocycles. The highest BCUT2D eigenvalue weighted by atomic mass is 32.2. The predicted molar refractivity (Wildman–Crippen MR) is 116 cm³/mol. The third-order valence-corrected chi connectivity index (χ3v) is 8.54. The van der Waals surface area contributed by atoms with Crippen LogP contribution in [0.5, 0.6) is 0 Å². The molecule has 0 bridgehead atoms. The molecule has 29 heavy (non-hydrogen) atoms. The molecule has 0 unspecified atom stereocenters. The molecule has 1 aromatic carbocycles. The summed E-state index contributed by atoms with van der Waals surface area (Å²) in [7, 11) is -3.49. The SMILES string of the molecule is CCN(C(=O)C1CCN(S(=O)(=O)c2ccc(C(C)C)cc2)CC1)C1CCCCC1. The van der Waals surface area contributed by atoms with Crippen LogP contribution >= 0.6 is 0 Å². The van der Waals surface area contributed by atoms with Crippen molar-refractivity contribution in [1.29, 1.82) is 0 Å². The van der Waals surface area contributed by atoms with Crippen LogP contribution in [0.2, 0.25) is 0 Å². The van der Waals surface area contributed by atoms with E-state index in [-0.39, 0.29) is 11.8 Å². The van der Waals surface area contributed by atoms with Gasteiger partial charge in [0.1, 0.15) is 0 Å². The maximum absolute atomic E-state index is 13.1. The van der Waals surface area contributed by atoms with Gasteiger partial charge in [-0.15, -0.1) is 0 Å². The Balaban J connectivity index is 1.62. The summed E-state index contributed by atoms with van der Waals surface area (Å²) >= 11 is 0. The Morgan fingerprint density at radius 3 is 2.14 bits per heavy atom. The van der Waals surface area contributed by atoms with Crippen LogP contribution in [0, 0.1) is 5.92 Å². The van der Waals surface area contributed by atoms with E-state index in [1.165, 1.54) is 19.3 Å². The summed E-state index contributed by atoms with van der Waals surface area (Å²) in [6, 6.07) is 7.60. The predicted octanol–water partition coefficient (Wildman–Crippen LogP) is 4.39. The number of benzene rings is 1. The minimum absolute atomic E-state index is 0.0494. The molecule has 1 saturated heterocycles. The first-order chi connectivity index (χ1) is 13.8. The standard InChI is InChI=1S/C23H36N2O3S/c1-4-25(21-8-6-5-7-9-21)23(26)20-14-16-24(17-15-20)29(27,28)22-12-10-19(11-13-22)18(2)3/h10-13,18,20-21H,4-9,14-17H2,1-3H3. The van der Waals surface area contributed by atoms with Gasteiger partial charge in [0, 0.05) is 31.6 Å². The Morgan fingerprint density at radius 2 is 1.62 bits per heavy atom. The van der Waals surface area contributed by atoms with Crippen LogP contribution < -0.4 is 0 Å². The number of piperidine rings is 1. The summed E-state index contributed by atoms with van der Waals surface area (Å²) in [5.74, 6) is 0.559. The van der Waals surface area contributed by atoms with Crippen molar-refractivity contribution in [3.05, 3.63) is 29.8 Å². The number of amides is 1. The van der Waals surface area contributed by atoms with Gasteiger partial charge in [-0.2, -0.15) is 4.31 Å². The first kappa shape index (κ1) is 22.3. The van der Waals surface area contributed by atoms with Gasteiger partial charge in [-0.05, 0) is 56.2 Å². The number of carbonyl (C=O) groups is 1. The summed E-state index contributed by atoms with van der Waals surface area (Å²) in [6.45, 7) is 7.85. The molecule has 1 saturated carbocycles. The number of sulfonamides is 1. The molecular formula is C23H36N2O3S. The van der Waals surface area contributed by atoms with E-state index in [1.54, 1.807) is 16.4 Å². The summed E-state index contributed by atoms with van der Waals surface area (Å²) in [5, 5.41) is 0. The highest BCUT2D eigenvalue weighted by Gasteiger charge is 2.35. The molecule has 162 valence electrons. The Bertz CT molecular complexity index is 775. The van der Waals surface area contributed by atoms with E-state index in [2.05, 4.69) is 25.7 Å². The average molecular weight is 421 g/mol. The molecule has 0 N–H and O–H groups in total. The monoisotopic (exact) mass is 420 g/mol. The summed E-state index contributed by atoms with van der Waals surface area (Å²) in [5.41, 5.74) is 1.13. The second-order valence-electron chi connectivity index (χ2n) is 8.82. The number of hydrogen-bond donors (Lipinski definition) is 0. The molecule has 0 radical (unpaired) electrons. The minimum Gasteiger partial charge on any atom is -0.340 e. The summed E-state index contributed by atoms with van der Waals surface area (Å²) in [4.78, 5) is 15.5. The lowest BCUT2D eigenvalue weighted by Crippen LogP contribution is -2.48. The smallest absolute Gasteiger partial charge is 0.243 e. The van der Waals surface area contributed by atoms with E-state index in [0.717, 1.165) is 24.9 Å². The van der Waals surface area contributed by atoms with Crippen LogP contribution in [0.3, 0.4) is 0 Å². The lowest BCUT2D eigenvalue weighted by molar-refractivity contribution is -0.139. The quantitative estimate of drug-likeness (QED) is 0.686. The third kappa shape index (κ3) is 5.02. The lowest BCUT2D eigenvalue weighted by Gasteiger charge is -2.38. The molecule has 2 aliphatic rings. The van der Waals surface area contributed by atoms with Gasteiger partial charge in [0.25, 0.3) is 0 Å². The van der Waals surface area contributed by atoms with Crippen LogP contribution in [0.4, 0.5) is 0 Å². The molecular weight excluding hydrogens is 384 g/mol. The Hall–Kier alpha value is -1.40. The second kappa shape index (κ2) is 9.61. The number of carbonyl (C=O) groups excluding carboxylic acids is 1. The van der Waals surface area contributed by atoms with Gasteiger partial charge in [-0.1, -0.05) is 45.2 Å². The highest BCUT2D eigenvalue weighted by molar-refractivity contribution is 7.89. The molecule has 3 rings (SSSR count). The van der Waals surface area contributed by atoms with Gasteiger partial charge in [0.15, 0.2) is 0 Å². The van der Waals surface area contributed by atoms with Crippen molar-refractivity contribution in [2.75, 3.05) is 19.6 Å². The molecule has 6 heteroatoms. The fourth-order valence-electron chi connectivity index (χ4n) is 4.74. The van der Waals surface area contributed by atoms with Crippen LogP contribution in [0.15, 0.2) is 29.2 Å². The maximum Gasteiger partial charge on any atom is 0.243 e. The Morgan fingerprint density at radius 1 is 1.03 bits per heavy atom. The van der Waals surface area contributed by atoms with Crippen LogP contribution in [0.1, 0.15) is 77.2 Å². The van der Waals surface area contributed by atoms with Crippen molar-refractivity contribution in [1.82, 2.24) is 9.21 Å². The van der Waals surface area contributed by atoms with Crippen molar-refractivity contribution in [2.24, 2.45) is 5.92 Å². The van der Waals surface area contributed by atoms with E-state index in [1.807, 2.05) is 12.1 Å². The van der Waals surface area contributed by atoms with Crippen molar-refractivity contribution in [3.8, 4) is 0 Å². The summed E-state index contributed by atoms with van der Waals surface area (Å²) < 4.78 is 27.6. The number of rotatable bonds is 6. The first-order valence-corrected chi connectivity index (χ1v) is 12.7. The summed E-state index contributed by atoms with van der Waals surface area (Å²) in [6.07, 6.45) is 7.15. The molecule has 2 fully saturated rings. The third-order valence-electron chi connectivity index (χ3n) is 6.63. The molecule has 0 aromatic heterocycles. The normalized spacial score (nSPS) is 20.1. The van der Waals surface area contributed by atoms with Gasteiger partial charge in [-0.25, -0.2) is 8.42 Å². The van der Waals surface area contributed by atoms with Crippen molar-refractivity contribution >= 4 is 15.9 Å². The van der Waals surface area contributed by atoms with Gasteiger partial charge in [-0.3, -0.25) is 4.79 Å². The minimum atomic E-state index is -3.49. The van der Waals surface area contributed by atoms with Crippen molar-refractivity contribution in [3.63, 3.8) is 0 Å². The first-order valence-electron chi connectivity index (χ1n) is 11.2. The second-order valence-corrected chi connectivity index (χ2v) is 10.8. The van der Waals surface area contributed by atoms with Crippen LogP contribution in [0.25, 0.3) is 0 Å². The van der Waals surface area contributed by atoms with E-state index in [0.29, 0.717) is 42.8 Å². The zero-order valence-electron chi connectivity index (χ0n) is 18.1. The largest absolute Gasteiger partial charge is 0.340 e. The van der Waals surface area contributed by atoms with Gasteiger partial charge < -0.3 is 4.90 Å². The fraction of sp³-hybridized carbons (Fsp3) is 0.696. The van der Waals surface area contributed by atoms with Gasteiger partial charge in [0.05, 0.1) is 4.90 Å². The molecule has 5 nitrogen and oxygen atoms in total. The average Bonchev–Trinajstić information content (AvgIpc) is 2.75. The Kier molecular flexibility index (Phi) is 7.38. The molecule has 1 amide bonds. The Labute approximate surface area is 176 Å². The molecule has 0 spiro atoms. The highest BCUT2D eigenvalue weighted by Crippen LogP contribution is 2.29. The zero-order valence-corrected chi connectivity index (χ0v) is 19.0. The number of hydrogen-bond acceptors (Lipinski definition) is 3. The molecule has 0 atom stereocenters. The van der Waals surface area contributed by atoms with Crippen molar-refractivity contribution in [2.45, 2.75) is 82.6 Å². The molecule has 1 aliphatic carbocycles. The fourth-order valence-corrected chi connectivity index (χ4v) is 6.21. The maximum atomic E-state index is 13.1. The molecule has 1 heterocycles. The lowest BCUT2D eigenvalue weighted by atomic mass is 9.91. The molecule has 1 aromatic rings. The zero-order chi connectivity index (χ0) is 21.0. The van der Waals surface area contributed by atoms with Crippen molar-refractivity contribution < 1.29 is 13.2 Å².